The van der Waals surface area contributed by atoms with Crippen LogP contribution in [0.4, 0.5) is 5.82 Å². The van der Waals surface area contributed by atoms with Crippen molar-refractivity contribution in [2.45, 2.75) is 25.8 Å². The topological polar surface area (TPSA) is 46.9 Å². The van der Waals surface area contributed by atoms with Gasteiger partial charge in [-0.15, -0.1) is 0 Å². The Balaban J connectivity index is 1.42. The Hall–Kier alpha value is -2.59. The average molecular weight is 366 g/mol. The largest absolute Gasteiger partial charge is 0.309 e. The van der Waals surface area contributed by atoms with E-state index < -0.39 is 0 Å². The summed E-state index contributed by atoms with van der Waals surface area (Å²) in [7, 11) is 0. The molecule has 132 valence electrons. The second-order valence-electron chi connectivity index (χ2n) is 6.77. The Morgan fingerprint density at radius 1 is 1.19 bits per heavy atom. The molecule has 0 aliphatic heterocycles. The maximum absolute atomic E-state index is 12.5. The molecule has 4 rings (SSSR count). The average Bonchev–Trinajstić information content (AvgIpc) is 3.38. The van der Waals surface area contributed by atoms with E-state index in [1.54, 1.807) is 0 Å². The van der Waals surface area contributed by atoms with Gasteiger partial charge in [0.25, 0.3) is 0 Å². The van der Waals surface area contributed by atoms with Gasteiger partial charge < -0.3 is 5.32 Å². The predicted molar refractivity (Wildman–Crippen MR) is 103 cm³/mol. The fraction of sp³-hybridized carbons (Fsp3) is 0.238. The molecule has 26 heavy (non-hydrogen) atoms. The number of anilines is 1. The minimum absolute atomic E-state index is 0.0337. The van der Waals surface area contributed by atoms with Crippen molar-refractivity contribution in [1.82, 2.24) is 9.78 Å². The zero-order valence-electron chi connectivity index (χ0n) is 14.5. The van der Waals surface area contributed by atoms with Gasteiger partial charge in [0, 0.05) is 22.7 Å². The lowest BCUT2D eigenvalue weighted by molar-refractivity contribution is -0.117. The molecule has 1 saturated carbocycles. The second kappa shape index (κ2) is 6.96. The molecule has 1 N–H and O–H groups in total. The Morgan fingerprint density at radius 2 is 1.92 bits per heavy atom. The van der Waals surface area contributed by atoms with E-state index in [4.69, 9.17) is 11.6 Å². The van der Waals surface area contributed by atoms with Gasteiger partial charge in [0.15, 0.2) is 5.82 Å². The van der Waals surface area contributed by atoms with Gasteiger partial charge in [-0.3, -0.25) is 9.48 Å². The summed E-state index contributed by atoms with van der Waals surface area (Å²) in [5.74, 6) is 0.994. The lowest BCUT2D eigenvalue weighted by Gasteiger charge is -2.06. The molecule has 0 saturated heterocycles. The molecular weight excluding hydrogens is 346 g/mol. The molecule has 0 bridgehead atoms. The quantitative estimate of drug-likeness (QED) is 0.716. The third-order valence-corrected chi connectivity index (χ3v) is 5.23. The van der Waals surface area contributed by atoms with Crippen LogP contribution in [0.15, 0.2) is 60.7 Å². The lowest BCUT2D eigenvalue weighted by Crippen LogP contribution is -2.15. The number of rotatable bonds is 5. The van der Waals surface area contributed by atoms with E-state index in [2.05, 4.69) is 22.5 Å². The van der Waals surface area contributed by atoms with Gasteiger partial charge in [-0.05, 0) is 36.5 Å². The van der Waals surface area contributed by atoms with Crippen molar-refractivity contribution in [3.63, 3.8) is 0 Å². The number of carbonyl (C=O) groups is 1. The molecule has 2 unspecified atom stereocenters. The zero-order chi connectivity index (χ0) is 18.1. The Bertz CT molecular complexity index is 935. The van der Waals surface area contributed by atoms with Gasteiger partial charge in [0.05, 0.1) is 6.54 Å². The molecule has 3 aromatic rings. The highest BCUT2D eigenvalue weighted by molar-refractivity contribution is 6.31. The maximum Gasteiger partial charge on any atom is 0.229 e. The second-order valence-corrected chi connectivity index (χ2v) is 7.18. The predicted octanol–water partition coefficient (Wildman–Crippen LogP) is 4.64. The molecule has 2 aromatic carbocycles. The fourth-order valence-electron chi connectivity index (χ4n) is 3.29. The molecule has 0 radical (unpaired) electrons. The normalized spacial score (nSPS) is 18.5. The molecule has 1 aliphatic rings. The number of amides is 1. The van der Waals surface area contributed by atoms with Gasteiger partial charge in [0.1, 0.15) is 0 Å². The standard InChI is InChI=1S/C21H20ClN3O/c1-14-11-20(24-25(14)13-16-9-5-6-10-19(16)22)23-21(26)18-12-17(18)15-7-3-2-4-8-15/h2-11,17-18H,12-13H2,1H3,(H,23,24,26). The van der Waals surface area contributed by atoms with Crippen molar-refractivity contribution in [2.75, 3.05) is 5.32 Å². The van der Waals surface area contributed by atoms with Gasteiger partial charge in [-0.25, -0.2) is 0 Å². The van der Waals surface area contributed by atoms with Crippen molar-refractivity contribution >= 4 is 23.3 Å². The Kier molecular flexibility index (Phi) is 4.51. The van der Waals surface area contributed by atoms with Crippen LogP contribution in [0.2, 0.25) is 5.02 Å². The SMILES string of the molecule is Cc1cc(NC(=O)C2CC2c2ccccc2)nn1Cc1ccccc1Cl. The Morgan fingerprint density at radius 3 is 2.69 bits per heavy atom. The first-order valence-corrected chi connectivity index (χ1v) is 9.13. The number of nitrogens with one attached hydrogen (secondary N) is 1. The smallest absolute Gasteiger partial charge is 0.229 e. The minimum atomic E-state index is 0.0337. The number of aromatic nitrogens is 2. The van der Waals surface area contributed by atoms with Crippen LogP contribution in [0, 0.1) is 12.8 Å². The Labute approximate surface area is 157 Å². The van der Waals surface area contributed by atoms with Crippen molar-refractivity contribution in [2.24, 2.45) is 5.92 Å². The maximum atomic E-state index is 12.5. The number of benzene rings is 2. The monoisotopic (exact) mass is 365 g/mol. The van der Waals surface area contributed by atoms with Crippen molar-refractivity contribution in [1.29, 1.82) is 0 Å². The molecule has 4 nitrogen and oxygen atoms in total. The van der Waals surface area contributed by atoms with Crippen molar-refractivity contribution in [3.8, 4) is 0 Å². The summed E-state index contributed by atoms with van der Waals surface area (Å²) < 4.78 is 1.86. The van der Waals surface area contributed by atoms with Crippen LogP contribution < -0.4 is 5.32 Å². The van der Waals surface area contributed by atoms with Crippen LogP contribution >= 0.6 is 11.6 Å². The molecule has 1 aliphatic carbocycles. The van der Waals surface area contributed by atoms with Crippen LogP contribution in [-0.2, 0) is 11.3 Å². The summed E-state index contributed by atoms with van der Waals surface area (Å²) in [5, 5.41) is 8.20. The molecule has 1 fully saturated rings. The molecule has 1 amide bonds. The number of hydrogen-bond acceptors (Lipinski definition) is 2. The van der Waals surface area contributed by atoms with E-state index in [1.165, 1.54) is 5.56 Å². The van der Waals surface area contributed by atoms with Crippen LogP contribution in [0.1, 0.15) is 29.2 Å². The number of aryl methyl sites for hydroxylation is 1. The van der Waals surface area contributed by atoms with E-state index in [-0.39, 0.29) is 11.8 Å². The van der Waals surface area contributed by atoms with Crippen LogP contribution in [0.3, 0.4) is 0 Å². The third-order valence-electron chi connectivity index (χ3n) is 4.87. The van der Waals surface area contributed by atoms with Crippen molar-refractivity contribution < 1.29 is 4.79 Å². The van der Waals surface area contributed by atoms with E-state index >= 15 is 0 Å². The molecule has 2 atom stereocenters. The van der Waals surface area contributed by atoms with E-state index in [0.717, 1.165) is 22.7 Å². The van der Waals surface area contributed by atoms with Gasteiger partial charge in [-0.1, -0.05) is 60.1 Å². The highest BCUT2D eigenvalue weighted by atomic mass is 35.5. The highest BCUT2D eigenvalue weighted by Gasteiger charge is 2.44. The van der Waals surface area contributed by atoms with Crippen LogP contribution in [-0.4, -0.2) is 15.7 Å². The molecular formula is C21H20ClN3O. The zero-order valence-corrected chi connectivity index (χ0v) is 15.3. The summed E-state index contributed by atoms with van der Waals surface area (Å²) in [4.78, 5) is 12.5. The summed E-state index contributed by atoms with van der Waals surface area (Å²) in [5.41, 5.74) is 3.22. The van der Waals surface area contributed by atoms with Crippen molar-refractivity contribution in [3.05, 3.63) is 82.5 Å². The van der Waals surface area contributed by atoms with Crippen LogP contribution in [0.25, 0.3) is 0 Å². The van der Waals surface area contributed by atoms with E-state index in [0.29, 0.717) is 18.3 Å². The first kappa shape index (κ1) is 16.9. The van der Waals surface area contributed by atoms with E-state index in [9.17, 15) is 4.79 Å². The number of halogens is 1. The molecule has 5 heteroatoms. The molecule has 0 spiro atoms. The summed E-state index contributed by atoms with van der Waals surface area (Å²) in [6, 6.07) is 19.8. The number of carbonyl (C=O) groups excluding carboxylic acids is 1. The summed E-state index contributed by atoms with van der Waals surface area (Å²) in [6.07, 6.45) is 0.898. The first-order chi connectivity index (χ1) is 12.6. The number of hydrogen-bond donors (Lipinski definition) is 1. The number of nitrogens with zero attached hydrogens (tertiary/aromatic N) is 2. The third kappa shape index (κ3) is 3.51. The fourth-order valence-corrected chi connectivity index (χ4v) is 3.49. The lowest BCUT2D eigenvalue weighted by atomic mass is 10.1. The first-order valence-electron chi connectivity index (χ1n) is 8.75. The van der Waals surface area contributed by atoms with Gasteiger partial charge in [-0.2, -0.15) is 5.10 Å². The highest BCUT2D eigenvalue weighted by Crippen LogP contribution is 2.47. The van der Waals surface area contributed by atoms with Gasteiger partial charge >= 0.3 is 0 Å². The van der Waals surface area contributed by atoms with E-state index in [1.807, 2.05) is 60.1 Å². The minimum Gasteiger partial charge on any atom is -0.309 e. The molecule has 1 aromatic heterocycles. The van der Waals surface area contributed by atoms with Gasteiger partial charge in [0.2, 0.25) is 5.91 Å². The molecule has 1 heterocycles. The summed E-state index contributed by atoms with van der Waals surface area (Å²) >= 11 is 6.23. The van der Waals surface area contributed by atoms with Crippen LogP contribution in [0.5, 0.6) is 0 Å². The summed E-state index contributed by atoms with van der Waals surface area (Å²) in [6.45, 7) is 2.56.